The number of likely N-dealkylation sites (tertiary alicyclic amines) is 2. The van der Waals surface area contributed by atoms with Crippen LogP contribution in [0.1, 0.15) is 60.5 Å². The Kier molecular flexibility index (Phi) is 6.11. The molecule has 8 nitrogen and oxygen atoms in total. The zero-order valence-electron chi connectivity index (χ0n) is 18.7. The van der Waals surface area contributed by atoms with E-state index in [1.54, 1.807) is 23.1 Å². The van der Waals surface area contributed by atoms with E-state index < -0.39 is 0 Å². The molecule has 2 saturated heterocycles. The third kappa shape index (κ3) is 4.49. The maximum atomic E-state index is 15.6. The second kappa shape index (κ2) is 9.33. The first-order valence-electron chi connectivity index (χ1n) is 11.8. The van der Waals surface area contributed by atoms with E-state index in [1.165, 1.54) is 0 Å². The number of aromatic nitrogens is 4. The van der Waals surface area contributed by atoms with Gasteiger partial charge in [-0.3, -0.25) is 14.3 Å². The molecule has 33 heavy (non-hydrogen) atoms. The molecule has 3 aromatic rings. The molecule has 1 N–H and O–H groups in total. The highest BCUT2D eigenvalue weighted by molar-refractivity contribution is 5.98. The second-order valence-corrected chi connectivity index (χ2v) is 9.06. The Hall–Kier alpha value is -3.23. The third-order valence-corrected chi connectivity index (χ3v) is 6.88. The molecule has 2 fully saturated rings. The highest BCUT2D eigenvalue weighted by Crippen LogP contribution is 2.33. The molecule has 4 heterocycles. The fourth-order valence-electron chi connectivity index (χ4n) is 5.06. The number of nitrogens with one attached hydrogen (secondary N) is 1. The van der Waals surface area contributed by atoms with Crippen LogP contribution in [0.25, 0.3) is 10.9 Å². The lowest BCUT2D eigenvalue weighted by Gasteiger charge is -2.33. The summed E-state index contributed by atoms with van der Waals surface area (Å²) in [4.78, 5) is 32.3. The van der Waals surface area contributed by atoms with E-state index in [1.807, 2.05) is 21.9 Å². The number of fused-ring (bicyclic) bond motifs is 1. The zero-order chi connectivity index (χ0) is 22.8. The molecule has 0 radical (unpaired) electrons. The van der Waals surface area contributed by atoms with Crippen molar-refractivity contribution in [2.24, 2.45) is 0 Å². The van der Waals surface area contributed by atoms with Crippen molar-refractivity contribution in [3.63, 3.8) is 0 Å². The average molecular weight is 453 g/mol. The molecule has 5 rings (SSSR count). The van der Waals surface area contributed by atoms with Gasteiger partial charge in [-0.15, -0.1) is 5.10 Å². The number of carbonyl (C=O) groups is 2. The molecular weight excluding hydrogens is 423 g/mol. The number of aromatic amines is 1. The summed E-state index contributed by atoms with van der Waals surface area (Å²) in [6, 6.07) is 5.44. The maximum Gasteiger partial charge on any atom is 0.270 e. The van der Waals surface area contributed by atoms with Crippen LogP contribution < -0.4 is 0 Å². The molecule has 0 aliphatic carbocycles. The summed E-state index contributed by atoms with van der Waals surface area (Å²) in [5.41, 5.74) is 1.43. The number of aryl methyl sites for hydroxylation is 1. The molecule has 2 aromatic heterocycles. The van der Waals surface area contributed by atoms with Crippen molar-refractivity contribution in [1.82, 2.24) is 29.8 Å². The molecule has 1 atom stereocenters. The summed E-state index contributed by atoms with van der Waals surface area (Å²) in [5.74, 6) is -0.394. The molecule has 0 spiro atoms. The van der Waals surface area contributed by atoms with E-state index in [0.717, 1.165) is 45.2 Å². The number of benzene rings is 1. The van der Waals surface area contributed by atoms with Crippen LogP contribution in [0.5, 0.6) is 0 Å². The van der Waals surface area contributed by atoms with E-state index in [4.69, 9.17) is 0 Å². The monoisotopic (exact) mass is 452 g/mol. The molecule has 1 unspecified atom stereocenters. The van der Waals surface area contributed by atoms with Gasteiger partial charge in [-0.25, -0.2) is 4.39 Å². The standard InChI is InChI=1S/C24H29FN6O2/c25-22-19(18-5-4-12-30(16-18)21(32)8-13-31-14-9-26-28-31)7-6-17-15-20(27-23(17)22)24(33)29-10-2-1-3-11-29/h6-7,9,14-15,18,27H,1-5,8,10-13,16H2. The summed E-state index contributed by atoms with van der Waals surface area (Å²) in [5, 5.41) is 8.36. The van der Waals surface area contributed by atoms with Gasteiger partial charge in [0.05, 0.1) is 18.3 Å². The maximum absolute atomic E-state index is 15.6. The van der Waals surface area contributed by atoms with E-state index in [0.29, 0.717) is 48.2 Å². The van der Waals surface area contributed by atoms with Crippen molar-refractivity contribution in [1.29, 1.82) is 0 Å². The molecule has 2 aliphatic heterocycles. The molecule has 9 heteroatoms. The summed E-state index contributed by atoms with van der Waals surface area (Å²) in [7, 11) is 0. The minimum Gasteiger partial charge on any atom is -0.348 e. The summed E-state index contributed by atoms with van der Waals surface area (Å²) in [6.45, 7) is 3.18. The van der Waals surface area contributed by atoms with Gasteiger partial charge in [0.1, 0.15) is 5.69 Å². The molecule has 0 saturated carbocycles. The lowest BCUT2D eigenvalue weighted by atomic mass is 9.89. The van der Waals surface area contributed by atoms with Gasteiger partial charge >= 0.3 is 0 Å². The minimum absolute atomic E-state index is 0.0472. The summed E-state index contributed by atoms with van der Waals surface area (Å²) >= 11 is 0. The number of amides is 2. The SMILES string of the molecule is O=C(CCn1ccnn1)N1CCCC(c2ccc3cc(C(=O)N4CCCCC4)[nH]c3c2F)C1. The van der Waals surface area contributed by atoms with Crippen LogP contribution in [0, 0.1) is 5.82 Å². The van der Waals surface area contributed by atoms with Gasteiger partial charge in [-0.2, -0.15) is 0 Å². The summed E-state index contributed by atoms with van der Waals surface area (Å²) in [6.07, 6.45) is 8.51. The van der Waals surface area contributed by atoms with Gasteiger partial charge in [0, 0.05) is 50.1 Å². The highest BCUT2D eigenvalue weighted by atomic mass is 19.1. The number of rotatable bonds is 5. The predicted molar refractivity (Wildman–Crippen MR) is 121 cm³/mol. The molecule has 2 amide bonds. The molecule has 174 valence electrons. The topological polar surface area (TPSA) is 87.1 Å². The first-order chi connectivity index (χ1) is 16.1. The highest BCUT2D eigenvalue weighted by Gasteiger charge is 2.28. The smallest absolute Gasteiger partial charge is 0.270 e. The van der Waals surface area contributed by atoms with Crippen LogP contribution in [-0.4, -0.2) is 67.8 Å². The van der Waals surface area contributed by atoms with E-state index in [2.05, 4.69) is 15.3 Å². The summed E-state index contributed by atoms with van der Waals surface area (Å²) < 4.78 is 17.2. The second-order valence-electron chi connectivity index (χ2n) is 9.06. The number of hydrogen-bond acceptors (Lipinski definition) is 4. The zero-order valence-corrected chi connectivity index (χ0v) is 18.7. The van der Waals surface area contributed by atoms with Crippen molar-refractivity contribution >= 4 is 22.7 Å². The van der Waals surface area contributed by atoms with Gasteiger partial charge < -0.3 is 14.8 Å². The van der Waals surface area contributed by atoms with Crippen LogP contribution in [0.15, 0.2) is 30.6 Å². The number of halogens is 1. The Labute approximate surface area is 191 Å². The van der Waals surface area contributed by atoms with Gasteiger partial charge in [0.15, 0.2) is 5.82 Å². The van der Waals surface area contributed by atoms with E-state index >= 15 is 4.39 Å². The molecule has 0 bridgehead atoms. The molecular formula is C24H29FN6O2. The number of nitrogens with zero attached hydrogens (tertiary/aromatic N) is 5. The Morgan fingerprint density at radius 1 is 1.09 bits per heavy atom. The van der Waals surface area contributed by atoms with Crippen LogP contribution in [0.3, 0.4) is 0 Å². The van der Waals surface area contributed by atoms with Crippen molar-refractivity contribution in [2.45, 2.75) is 51.0 Å². The van der Waals surface area contributed by atoms with E-state index in [-0.39, 0.29) is 23.5 Å². The number of H-pyrrole nitrogens is 1. The number of carbonyl (C=O) groups excluding carboxylic acids is 2. The van der Waals surface area contributed by atoms with Crippen LogP contribution >= 0.6 is 0 Å². The minimum atomic E-state index is -0.313. The first-order valence-corrected chi connectivity index (χ1v) is 11.8. The lowest BCUT2D eigenvalue weighted by Crippen LogP contribution is -2.39. The van der Waals surface area contributed by atoms with Crippen molar-refractivity contribution < 1.29 is 14.0 Å². The Morgan fingerprint density at radius 2 is 1.91 bits per heavy atom. The van der Waals surface area contributed by atoms with Gasteiger partial charge in [0.25, 0.3) is 5.91 Å². The fraction of sp³-hybridized carbons (Fsp3) is 0.500. The van der Waals surface area contributed by atoms with Gasteiger partial charge in [-0.05, 0) is 43.7 Å². The normalized spacial score (nSPS) is 19.2. The average Bonchev–Trinajstić information content (AvgIpc) is 3.53. The van der Waals surface area contributed by atoms with Crippen LogP contribution in [-0.2, 0) is 11.3 Å². The fourth-order valence-corrected chi connectivity index (χ4v) is 5.06. The van der Waals surface area contributed by atoms with Crippen molar-refractivity contribution in [3.05, 3.63) is 47.7 Å². The Bertz CT molecular complexity index is 1140. The molecule has 1 aromatic carbocycles. The van der Waals surface area contributed by atoms with Crippen LogP contribution in [0.4, 0.5) is 4.39 Å². The lowest BCUT2D eigenvalue weighted by molar-refractivity contribution is -0.132. The van der Waals surface area contributed by atoms with Gasteiger partial charge in [-0.1, -0.05) is 17.3 Å². The third-order valence-electron chi connectivity index (χ3n) is 6.88. The first kappa shape index (κ1) is 21.6. The van der Waals surface area contributed by atoms with E-state index in [9.17, 15) is 9.59 Å². The Balaban J connectivity index is 1.30. The largest absolute Gasteiger partial charge is 0.348 e. The van der Waals surface area contributed by atoms with Crippen LogP contribution in [0.2, 0.25) is 0 Å². The predicted octanol–water partition coefficient (Wildman–Crippen LogP) is 3.32. The number of piperidine rings is 2. The molecule has 2 aliphatic rings. The van der Waals surface area contributed by atoms with Crippen molar-refractivity contribution in [3.8, 4) is 0 Å². The number of hydrogen-bond donors (Lipinski definition) is 1. The van der Waals surface area contributed by atoms with Crippen molar-refractivity contribution in [2.75, 3.05) is 26.2 Å². The quantitative estimate of drug-likeness (QED) is 0.643. The van der Waals surface area contributed by atoms with Gasteiger partial charge in [0.2, 0.25) is 5.91 Å². The Morgan fingerprint density at radius 3 is 2.70 bits per heavy atom.